The average Bonchev–Trinajstić information content (AvgIpc) is 3.00. The molecule has 0 atom stereocenters. The van der Waals surface area contributed by atoms with Gasteiger partial charge in [0.15, 0.2) is 0 Å². The van der Waals surface area contributed by atoms with Crippen molar-refractivity contribution in [3.63, 3.8) is 0 Å². The van der Waals surface area contributed by atoms with Crippen LogP contribution in [-0.2, 0) is 27.7 Å². The summed E-state index contributed by atoms with van der Waals surface area (Å²) in [6.45, 7) is 2.26. The molecular formula is C34H48N6O5S. The molecule has 0 heterocycles. The van der Waals surface area contributed by atoms with Crippen LogP contribution < -0.4 is 5.32 Å². The molecule has 0 aliphatic carbocycles. The first-order valence-corrected chi connectivity index (χ1v) is 17.0. The van der Waals surface area contributed by atoms with Gasteiger partial charge in [0.05, 0.1) is 16.4 Å². The van der Waals surface area contributed by atoms with Crippen LogP contribution in [0.4, 0.5) is 11.4 Å². The van der Waals surface area contributed by atoms with Crippen LogP contribution in [0.5, 0.6) is 0 Å². The Morgan fingerprint density at radius 3 is 1.74 bits per heavy atom. The van der Waals surface area contributed by atoms with E-state index in [4.69, 9.17) is 0 Å². The van der Waals surface area contributed by atoms with Gasteiger partial charge in [-0.3, -0.25) is 14.9 Å². The second-order valence-electron chi connectivity index (χ2n) is 12.1. The fourth-order valence-electron chi connectivity index (χ4n) is 5.21. The van der Waals surface area contributed by atoms with E-state index in [1.807, 2.05) is 98.7 Å². The highest BCUT2D eigenvalue weighted by Gasteiger charge is 2.28. The molecule has 0 aromatic heterocycles. The van der Waals surface area contributed by atoms with Crippen LogP contribution in [0.3, 0.4) is 0 Å². The number of amides is 1. The first-order chi connectivity index (χ1) is 21.9. The summed E-state index contributed by atoms with van der Waals surface area (Å²) < 4.78 is 28.1. The van der Waals surface area contributed by atoms with E-state index in [-0.39, 0.29) is 34.8 Å². The van der Waals surface area contributed by atoms with Crippen molar-refractivity contribution in [3.05, 3.63) is 100 Å². The molecular weight excluding hydrogens is 604 g/mol. The predicted molar refractivity (Wildman–Crippen MR) is 184 cm³/mol. The second-order valence-corrected chi connectivity index (χ2v) is 14.2. The van der Waals surface area contributed by atoms with Crippen LogP contribution in [-0.4, -0.2) is 112 Å². The first-order valence-electron chi connectivity index (χ1n) is 15.5. The zero-order chi connectivity index (χ0) is 33.7. The van der Waals surface area contributed by atoms with Gasteiger partial charge in [-0.05, 0) is 90.2 Å². The smallest absolute Gasteiger partial charge is 0.293 e. The molecule has 0 bridgehead atoms. The second kappa shape index (κ2) is 17.7. The van der Waals surface area contributed by atoms with Crippen molar-refractivity contribution in [1.82, 2.24) is 19.0 Å². The van der Waals surface area contributed by atoms with Gasteiger partial charge in [0.1, 0.15) is 5.69 Å². The van der Waals surface area contributed by atoms with E-state index in [0.29, 0.717) is 25.9 Å². The van der Waals surface area contributed by atoms with E-state index in [2.05, 4.69) is 5.32 Å². The van der Waals surface area contributed by atoms with Gasteiger partial charge < -0.3 is 20.0 Å². The number of nitrogens with one attached hydrogen (secondary N) is 1. The molecule has 3 rings (SSSR count). The number of sulfonamides is 1. The number of benzene rings is 3. The highest BCUT2D eigenvalue weighted by Crippen LogP contribution is 2.30. The summed E-state index contributed by atoms with van der Waals surface area (Å²) in [4.78, 5) is 30.5. The van der Waals surface area contributed by atoms with E-state index in [0.717, 1.165) is 47.4 Å². The number of nitro groups is 1. The Labute approximate surface area is 274 Å². The lowest BCUT2D eigenvalue weighted by Crippen LogP contribution is -2.43. The van der Waals surface area contributed by atoms with Crippen molar-refractivity contribution in [2.45, 2.75) is 36.6 Å². The molecule has 46 heavy (non-hydrogen) atoms. The molecule has 0 radical (unpaired) electrons. The minimum Gasteiger partial charge on any atom is -0.376 e. The highest BCUT2D eigenvalue weighted by molar-refractivity contribution is 7.89. The number of hydrogen-bond acceptors (Lipinski definition) is 8. The number of carbonyl (C=O) groups is 1. The molecule has 0 aliphatic heterocycles. The van der Waals surface area contributed by atoms with Crippen molar-refractivity contribution in [2.24, 2.45) is 0 Å². The summed E-state index contributed by atoms with van der Waals surface area (Å²) in [6.07, 6.45) is 2.73. The van der Waals surface area contributed by atoms with Gasteiger partial charge >= 0.3 is 0 Å². The summed E-state index contributed by atoms with van der Waals surface area (Å²) in [5.41, 5.74) is 2.02. The zero-order valence-corrected chi connectivity index (χ0v) is 28.4. The number of rotatable bonds is 19. The molecule has 3 aromatic carbocycles. The molecule has 250 valence electrons. The Morgan fingerprint density at radius 1 is 0.783 bits per heavy atom. The monoisotopic (exact) mass is 652 g/mol. The largest absolute Gasteiger partial charge is 0.376 e. The number of nitro benzene ring substituents is 1. The lowest BCUT2D eigenvalue weighted by molar-refractivity contribution is -0.384. The quantitative estimate of drug-likeness (QED) is 0.151. The summed E-state index contributed by atoms with van der Waals surface area (Å²) >= 11 is 0. The highest BCUT2D eigenvalue weighted by atomic mass is 32.2. The van der Waals surface area contributed by atoms with Crippen molar-refractivity contribution >= 4 is 27.3 Å². The third kappa shape index (κ3) is 11.5. The fourth-order valence-corrected chi connectivity index (χ4v) is 6.35. The van der Waals surface area contributed by atoms with Crippen LogP contribution in [0.1, 0.15) is 24.0 Å². The predicted octanol–water partition coefficient (Wildman–Crippen LogP) is 4.21. The number of nitrogens with zero attached hydrogens (tertiary/aromatic N) is 5. The Balaban J connectivity index is 1.81. The molecule has 0 saturated carbocycles. The van der Waals surface area contributed by atoms with E-state index in [1.165, 1.54) is 19.2 Å². The molecule has 3 aromatic rings. The fraction of sp³-hybridized carbons (Fsp3) is 0.441. The standard InChI is InChI=1S/C34H48N6O5S/c1-36(2)20-12-22-39(23-13-21-37(3)4)34(41)27-38(5)46(44,45)31-18-19-32(33(26-31)40(42)43)35-30(24-28-14-8-6-9-15-28)25-29-16-10-7-11-17-29/h6-11,14-19,26,30,35H,12-13,20-25,27H2,1-5H3. The van der Waals surface area contributed by atoms with Crippen LogP contribution in [0, 0.1) is 10.1 Å². The summed E-state index contributed by atoms with van der Waals surface area (Å²) in [5.74, 6) is -0.305. The van der Waals surface area contributed by atoms with E-state index >= 15 is 0 Å². The third-order valence-corrected chi connectivity index (χ3v) is 9.46. The lowest BCUT2D eigenvalue weighted by atomic mass is 9.98. The maximum absolute atomic E-state index is 13.6. The van der Waals surface area contributed by atoms with Crippen molar-refractivity contribution in [3.8, 4) is 0 Å². The van der Waals surface area contributed by atoms with Gasteiger partial charge in [-0.2, -0.15) is 4.31 Å². The molecule has 1 N–H and O–H groups in total. The maximum atomic E-state index is 13.6. The number of hydrogen-bond donors (Lipinski definition) is 1. The SMILES string of the molecule is CN(C)CCCN(CCCN(C)C)C(=O)CN(C)S(=O)(=O)c1ccc(NC(Cc2ccccc2)Cc2ccccc2)c([N+](=O)[O-])c1. The third-order valence-electron chi connectivity index (χ3n) is 7.66. The minimum absolute atomic E-state index is 0.197. The number of likely N-dealkylation sites (N-methyl/N-ethyl adjacent to an activating group) is 1. The Kier molecular flexibility index (Phi) is 14.1. The summed E-state index contributed by atoms with van der Waals surface area (Å²) in [7, 11) is 4.99. The molecule has 0 unspecified atom stereocenters. The Morgan fingerprint density at radius 2 is 1.28 bits per heavy atom. The first kappa shape index (κ1) is 36.6. The van der Waals surface area contributed by atoms with Gasteiger partial charge in [0.25, 0.3) is 5.69 Å². The van der Waals surface area contributed by atoms with Gasteiger partial charge in [0, 0.05) is 32.2 Å². The van der Waals surface area contributed by atoms with E-state index in [9.17, 15) is 23.3 Å². The van der Waals surface area contributed by atoms with Crippen LogP contribution in [0.15, 0.2) is 83.8 Å². The molecule has 1 amide bonds. The Bertz CT molecular complexity index is 1450. The van der Waals surface area contributed by atoms with Gasteiger partial charge in [-0.25, -0.2) is 8.42 Å². The topological polar surface area (TPSA) is 119 Å². The summed E-state index contributed by atoms with van der Waals surface area (Å²) in [6, 6.07) is 23.4. The van der Waals surface area contributed by atoms with Crippen molar-refractivity contribution < 1.29 is 18.1 Å². The Hall–Kier alpha value is -3.84. The molecule has 11 nitrogen and oxygen atoms in total. The zero-order valence-electron chi connectivity index (χ0n) is 27.6. The van der Waals surface area contributed by atoms with Crippen LogP contribution in [0.2, 0.25) is 0 Å². The number of anilines is 1. The summed E-state index contributed by atoms with van der Waals surface area (Å²) in [5, 5.41) is 15.5. The van der Waals surface area contributed by atoms with Crippen molar-refractivity contribution in [2.75, 3.05) is 73.3 Å². The maximum Gasteiger partial charge on any atom is 0.293 e. The minimum atomic E-state index is -4.20. The average molecular weight is 653 g/mol. The van der Waals surface area contributed by atoms with Gasteiger partial charge in [0.2, 0.25) is 15.9 Å². The van der Waals surface area contributed by atoms with Crippen LogP contribution in [0.25, 0.3) is 0 Å². The van der Waals surface area contributed by atoms with E-state index in [1.54, 1.807) is 4.90 Å². The normalized spacial score (nSPS) is 11.8. The van der Waals surface area contributed by atoms with Gasteiger partial charge in [-0.15, -0.1) is 0 Å². The van der Waals surface area contributed by atoms with Crippen molar-refractivity contribution in [1.29, 1.82) is 0 Å². The molecule has 12 heteroatoms. The van der Waals surface area contributed by atoms with E-state index < -0.39 is 14.9 Å². The molecule has 0 spiro atoms. The molecule has 0 aliphatic rings. The molecule has 0 fully saturated rings. The lowest BCUT2D eigenvalue weighted by Gasteiger charge is -2.26. The molecule has 0 saturated heterocycles. The van der Waals surface area contributed by atoms with Crippen LogP contribution >= 0.6 is 0 Å². The number of carbonyl (C=O) groups excluding carboxylic acids is 1. The van der Waals surface area contributed by atoms with Gasteiger partial charge in [-0.1, -0.05) is 60.7 Å².